The van der Waals surface area contributed by atoms with Gasteiger partial charge in [0.1, 0.15) is 34.5 Å². The number of hydrogen-bond donors (Lipinski definition) is 1. The summed E-state index contributed by atoms with van der Waals surface area (Å²) in [7, 11) is 0. The minimum Gasteiger partial charge on any atom is -0.484 e. The number of alkyl halides is 3. The molecule has 0 bridgehead atoms. The average molecular weight is 571 g/mol. The Kier molecular flexibility index (Phi) is 7.21. The van der Waals surface area contributed by atoms with Crippen LogP contribution >= 0.6 is 15.9 Å². The van der Waals surface area contributed by atoms with Crippen molar-refractivity contribution in [1.29, 1.82) is 0 Å². The third-order valence-electron chi connectivity index (χ3n) is 5.08. The van der Waals surface area contributed by atoms with Crippen molar-refractivity contribution in [2.45, 2.75) is 18.7 Å². The summed E-state index contributed by atoms with van der Waals surface area (Å²) in [5.74, 6) is -2.77. The van der Waals surface area contributed by atoms with Gasteiger partial charge in [-0.25, -0.2) is 13.6 Å². The molecule has 0 fully saturated rings. The molecule has 1 heterocycles. The first-order valence-corrected chi connectivity index (χ1v) is 11.2. The highest BCUT2D eigenvalue weighted by atomic mass is 79.9. The number of hydrogen-bond acceptors (Lipinski definition) is 4. The molecule has 11 heteroatoms. The number of carboxylic acid groups (broad SMARTS) is 1. The predicted molar refractivity (Wildman–Crippen MR) is 123 cm³/mol. The largest absolute Gasteiger partial charge is 0.484 e. The van der Waals surface area contributed by atoms with Crippen LogP contribution in [0, 0.1) is 11.6 Å². The maximum Gasteiger partial charge on any atom is 0.422 e. The molecule has 4 aromatic rings. The number of ether oxygens (including phenoxy) is 2. The molecule has 0 saturated carbocycles. The number of fused-ring (bicyclic) bond motifs is 1. The van der Waals surface area contributed by atoms with Gasteiger partial charge in [-0.15, -0.1) is 0 Å². The number of carboxylic acids is 1. The zero-order valence-electron chi connectivity index (χ0n) is 18.1. The van der Waals surface area contributed by atoms with Crippen molar-refractivity contribution in [1.82, 2.24) is 0 Å². The van der Waals surface area contributed by atoms with Gasteiger partial charge in [-0.2, -0.15) is 13.2 Å². The van der Waals surface area contributed by atoms with Crippen LogP contribution in [0.4, 0.5) is 22.0 Å². The third kappa shape index (κ3) is 5.78. The number of rotatable bonds is 8. The summed E-state index contributed by atoms with van der Waals surface area (Å²) in [4.78, 5) is 12.0. The lowest BCUT2D eigenvalue weighted by molar-refractivity contribution is -0.153. The Labute approximate surface area is 209 Å². The van der Waals surface area contributed by atoms with E-state index in [0.29, 0.717) is 10.0 Å². The summed E-state index contributed by atoms with van der Waals surface area (Å²) in [5.41, 5.74) is 0.658. The molecule has 1 atom stereocenters. The van der Waals surface area contributed by atoms with Gasteiger partial charge in [-0.05, 0) is 51.8 Å². The molecular weight excluding hydrogens is 555 g/mol. The fraction of sp³-hybridized carbons (Fsp3) is 0.160. The molecule has 1 aromatic heterocycles. The fourth-order valence-electron chi connectivity index (χ4n) is 3.51. The zero-order valence-corrected chi connectivity index (χ0v) is 19.7. The summed E-state index contributed by atoms with van der Waals surface area (Å²) in [6.45, 7) is -1.55. The Bertz CT molecular complexity index is 1400. The van der Waals surface area contributed by atoms with Gasteiger partial charge in [0.2, 0.25) is 0 Å². The maximum atomic E-state index is 14.4. The number of furan rings is 1. The molecule has 4 rings (SSSR count). The third-order valence-corrected chi connectivity index (χ3v) is 5.84. The Hall–Kier alpha value is -3.60. The van der Waals surface area contributed by atoms with E-state index in [0.717, 1.165) is 12.1 Å². The molecular formula is C25H16BrF5O5. The highest BCUT2D eigenvalue weighted by Gasteiger charge is 2.30. The Morgan fingerprint density at radius 3 is 2.36 bits per heavy atom. The monoisotopic (exact) mass is 570 g/mol. The molecule has 1 N–H and O–H groups in total. The quantitative estimate of drug-likeness (QED) is 0.228. The molecule has 5 nitrogen and oxygen atoms in total. The molecule has 0 radical (unpaired) electrons. The highest BCUT2D eigenvalue weighted by Crippen LogP contribution is 2.43. The van der Waals surface area contributed by atoms with E-state index < -0.39 is 36.5 Å². The summed E-state index contributed by atoms with van der Waals surface area (Å²) < 4.78 is 82.0. The van der Waals surface area contributed by atoms with Gasteiger partial charge in [0, 0.05) is 24.1 Å². The minimum atomic E-state index is -4.58. The van der Waals surface area contributed by atoms with Gasteiger partial charge in [0.25, 0.3) is 0 Å². The predicted octanol–water partition coefficient (Wildman–Crippen LogP) is 7.16. The molecule has 0 unspecified atom stereocenters. The Morgan fingerprint density at radius 1 is 1.00 bits per heavy atom. The van der Waals surface area contributed by atoms with Crippen LogP contribution in [-0.2, 0) is 11.2 Å². The SMILES string of the molecule is O=C(O)[C@@H](Cc1ccccc1OCC(F)(F)F)Oc1cc(F)cc2oc(-c3ccc(F)cc3)c(Br)c12. The van der Waals surface area contributed by atoms with Crippen molar-refractivity contribution in [3.63, 3.8) is 0 Å². The molecule has 0 aliphatic heterocycles. The van der Waals surface area contributed by atoms with Crippen molar-refractivity contribution in [3.8, 4) is 22.8 Å². The van der Waals surface area contributed by atoms with Gasteiger partial charge >= 0.3 is 12.1 Å². The molecule has 0 aliphatic rings. The fourth-order valence-corrected chi connectivity index (χ4v) is 4.21. The summed E-state index contributed by atoms with van der Waals surface area (Å²) in [6, 6.07) is 13.0. The van der Waals surface area contributed by atoms with Crippen molar-refractivity contribution in [2.24, 2.45) is 0 Å². The smallest absolute Gasteiger partial charge is 0.422 e. The van der Waals surface area contributed by atoms with Crippen molar-refractivity contribution in [2.75, 3.05) is 6.61 Å². The lowest BCUT2D eigenvalue weighted by atomic mass is 10.1. The topological polar surface area (TPSA) is 68.9 Å². The molecule has 0 aliphatic carbocycles. The van der Waals surface area contributed by atoms with Crippen LogP contribution < -0.4 is 9.47 Å². The second kappa shape index (κ2) is 10.2. The molecule has 0 saturated heterocycles. The Morgan fingerprint density at radius 2 is 1.69 bits per heavy atom. The van der Waals surface area contributed by atoms with E-state index in [1.807, 2.05) is 0 Å². The van der Waals surface area contributed by atoms with Gasteiger partial charge in [0.15, 0.2) is 12.7 Å². The first-order chi connectivity index (χ1) is 17.0. The van der Waals surface area contributed by atoms with Gasteiger partial charge in [-0.1, -0.05) is 18.2 Å². The highest BCUT2D eigenvalue weighted by molar-refractivity contribution is 9.10. The van der Waals surface area contributed by atoms with Crippen LogP contribution in [0.15, 0.2) is 69.6 Å². The van der Waals surface area contributed by atoms with Gasteiger partial charge < -0.3 is 19.0 Å². The van der Waals surface area contributed by atoms with Gasteiger partial charge in [0.05, 0.1) is 9.86 Å². The normalized spacial score (nSPS) is 12.5. The second-order valence-corrected chi connectivity index (χ2v) is 8.48. The average Bonchev–Trinajstić information content (AvgIpc) is 3.14. The van der Waals surface area contributed by atoms with Crippen LogP contribution in [0.5, 0.6) is 11.5 Å². The van der Waals surface area contributed by atoms with Crippen molar-refractivity contribution < 1.29 is 45.7 Å². The molecule has 36 heavy (non-hydrogen) atoms. The van der Waals surface area contributed by atoms with E-state index in [2.05, 4.69) is 15.9 Å². The lowest BCUT2D eigenvalue weighted by Crippen LogP contribution is -2.30. The maximum absolute atomic E-state index is 14.4. The number of aliphatic carboxylic acids is 1. The summed E-state index contributed by atoms with van der Waals surface area (Å²) >= 11 is 3.36. The Balaban J connectivity index is 1.68. The number of halogens is 6. The number of carbonyl (C=O) groups is 1. The van der Waals surface area contributed by atoms with Crippen LogP contribution in [0.1, 0.15) is 5.56 Å². The van der Waals surface area contributed by atoms with Gasteiger partial charge in [-0.3, -0.25) is 0 Å². The van der Waals surface area contributed by atoms with E-state index in [4.69, 9.17) is 13.9 Å². The first-order valence-electron chi connectivity index (χ1n) is 10.4. The van der Waals surface area contributed by atoms with E-state index in [9.17, 15) is 31.9 Å². The van der Waals surface area contributed by atoms with E-state index in [-0.39, 0.29) is 40.2 Å². The van der Waals surface area contributed by atoms with Crippen molar-refractivity contribution >= 4 is 32.9 Å². The number of benzene rings is 3. The van der Waals surface area contributed by atoms with E-state index >= 15 is 0 Å². The van der Waals surface area contributed by atoms with Crippen LogP contribution in [0.2, 0.25) is 0 Å². The number of para-hydroxylation sites is 1. The lowest BCUT2D eigenvalue weighted by Gasteiger charge is -2.18. The summed E-state index contributed by atoms with van der Waals surface area (Å²) in [5, 5.41) is 9.98. The van der Waals surface area contributed by atoms with Crippen molar-refractivity contribution in [3.05, 3.63) is 82.3 Å². The molecule has 188 valence electrons. The van der Waals surface area contributed by atoms with Crippen LogP contribution in [-0.4, -0.2) is 30.0 Å². The summed E-state index contributed by atoms with van der Waals surface area (Å²) in [6.07, 6.45) is -6.57. The molecule has 0 amide bonds. The molecule has 3 aromatic carbocycles. The minimum absolute atomic E-state index is 0.0363. The van der Waals surface area contributed by atoms with E-state index in [1.165, 1.54) is 48.5 Å². The van der Waals surface area contributed by atoms with Crippen LogP contribution in [0.25, 0.3) is 22.3 Å². The first kappa shape index (κ1) is 25.5. The standard InChI is InChI=1S/C25H16BrF5O5/c26-22-21-18(10-16(28)11-19(21)36-23(22)13-5-7-15(27)8-6-13)35-20(24(32)33)9-14-3-1-2-4-17(14)34-12-25(29,30)31/h1-8,10-11,20H,9,12H2,(H,32,33)/t20-/m1/s1. The molecule has 0 spiro atoms. The van der Waals surface area contributed by atoms with Crippen LogP contribution in [0.3, 0.4) is 0 Å². The zero-order chi connectivity index (χ0) is 26.0. The second-order valence-electron chi connectivity index (χ2n) is 7.69. The van der Waals surface area contributed by atoms with E-state index in [1.54, 1.807) is 0 Å².